The summed E-state index contributed by atoms with van der Waals surface area (Å²) in [7, 11) is 0. The van der Waals surface area contributed by atoms with Gasteiger partial charge >= 0.3 is 16.5 Å². The molecule has 0 aliphatic heterocycles. The molecular weight excluding hydrogens is 575 g/mol. The number of nitrogens with zero attached hydrogens (tertiary/aromatic N) is 2. The number of rotatable bonds is 4. The summed E-state index contributed by atoms with van der Waals surface area (Å²) in [5.41, 5.74) is 0. The molecule has 0 bridgehead atoms. The van der Waals surface area contributed by atoms with Crippen LogP contribution in [0.3, 0.4) is 0 Å². The molecule has 7 heteroatoms. The molecule has 0 atom stereocenters. The Morgan fingerprint density at radius 1 is 0.378 bits per heavy atom. The quantitative estimate of drug-likeness (QED) is 0.132. The van der Waals surface area contributed by atoms with Crippen LogP contribution < -0.4 is 0 Å². The summed E-state index contributed by atoms with van der Waals surface area (Å²) < 4.78 is 1.49. The van der Waals surface area contributed by atoms with Gasteiger partial charge in [0.1, 0.15) is 0 Å². The zero-order valence-electron chi connectivity index (χ0n) is 23.1. The summed E-state index contributed by atoms with van der Waals surface area (Å²) in [6.07, 6.45) is 32.7. The third-order valence-corrected chi connectivity index (χ3v) is 10.1. The van der Waals surface area contributed by atoms with E-state index < -0.39 is 0 Å². The van der Waals surface area contributed by atoms with Crippen molar-refractivity contribution in [1.82, 2.24) is 9.80 Å². The largest absolute Gasteiger partial charge is 2.00 e. The van der Waals surface area contributed by atoms with Crippen LogP contribution in [-0.4, -0.2) is 42.6 Å². The molecule has 4 rings (SSSR count). The molecule has 0 amide bonds. The first-order valence-corrected chi connectivity index (χ1v) is 17.2. The minimum atomic E-state index is 0. The van der Waals surface area contributed by atoms with Crippen molar-refractivity contribution < 1.29 is 16.5 Å². The summed E-state index contributed by atoms with van der Waals surface area (Å²) in [5, 5.41) is 0. The van der Waals surface area contributed by atoms with Crippen molar-refractivity contribution in [3.63, 3.8) is 0 Å². The monoisotopic (exact) mass is 626 g/mol. The summed E-state index contributed by atoms with van der Waals surface area (Å²) in [4.78, 5) is 4.95. The first-order valence-electron chi connectivity index (χ1n) is 15.6. The smallest absolute Gasteiger partial charge is 0.411 e. The Morgan fingerprint density at radius 3 is 0.676 bits per heavy atom. The van der Waals surface area contributed by atoms with Gasteiger partial charge in [-0.2, -0.15) is 0 Å². The predicted molar refractivity (Wildman–Crippen MR) is 170 cm³/mol. The number of hydrogen-bond donors (Lipinski definition) is 0. The van der Waals surface area contributed by atoms with Gasteiger partial charge in [0.25, 0.3) is 0 Å². The van der Waals surface area contributed by atoms with Crippen molar-refractivity contribution >= 4 is 58.3 Å². The van der Waals surface area contributed by atoms with Gasteiger partial charge in [0.2, 0.25) is 0 Å². The zero-order valence-corrected chi connectivity index (χ0v) is 27.4. The van der Waals surface area contributed by atoms with E-state index in [1.165, 1.54) is 154 Å². The van der Waals surface area contributed by atoms with Gasteiger partial charge in [-0.25, -0.2) is 0 Å². The Hall–Kier alpha value is 0.714. The van der Waals surface area contributed by atoms with E-state index in [2.05, 4.69) is 9.80 Å². The van der Waals surface area contributed by atoms with E-state index in [-0.39, 0.29) is 16.5 Å². The Bertz CT molecular complexity index is 523. The Labute approximate surface area is 261 Å². The van der Waals surface area contributed by atoms with Gasteiger partial charge in [0.05, 0.1) is 0 Å². The van der Waals surface area contributed by atoms with Gasteiger partial charge in [0.15, 0.2) is 0 Å². The predicted octanol–water partition coefficient (Wildman–Crippen LogP) is 9.13. The Kier molecular flexibility index (Phi) is 18.1. The third kappa shape index (κ3) is 12.0. The minimum Gasteiger partial charge on any atom is -0.411 e. The maximum atomic E-state index is 5.41. The van der Waals surface area contributed by atoms with Crippen molar-refractivity contribution in [2.24, 2.45) is 0 Å². The molecule has 4 aliphatic rings. The number of thiocarbonyl (C=S) groups is 2. The zero-order chi connectivity index (χ0) is 25.6. The van der Waals surface area contributed by atoms with Crippen LogP contribution in [0.1, 0.15) is 154 Å². The van der Waals surface area contributed by atoms with E-state index in [1.807, 2.05) is 0 Å². The van der Waals surface area contributed by atoms with Crippen molar-refractivity contribution in [1.29, 1.82) is 0 Å². The molecule has 0 spiro atoms. The normalized spacial score (nSPS) is 23.6. The molecule has 0 aromatic rings. The summed E-state index contributed by atoms with van der Waals surface area (Å²) in [5.74, 6) is 0. The topological polar surface area (TPSA) is 6.48 Å². The van der Waals surface area contributed by atoms with Gasteiger partial charge < -0.3 is 59.5 Å². The Balaban J connectivity index is 0.000000253. The summed E-state index contributed by atoms with van der Waals surface area (Å²) in [6, 6.07) is 2.61. The molecular formula is C30H52N2NiS4. The molecule has 4 saturated carbocycles. The fourth-order valence-electron chi connectivity index (χ4n) is 7.34. The standard InChI is InChI=1S/2C15H27NS2.Ni/c2*17-15(18)16(13-9-5-1-2-6-10-13)14-11-7-3-4-8-12-14;/h2*13-14H,1-12H2,(H,17,18);/q;;+2/p-2. The van der Waals surface area contributed by atoms with Crippen LogP contribution >= 0.6 is 24.4 Å². The van der Waals surface area contributed by atoms with Crippen molar-refractivity contribution in [3.05, 3.63) is 0 Å². The van der Waals surface area contributed by atoms with Crippen LogP contribution in [-0.2, 0) is 41.7 Å². The second-order valence-corrected chi connectivity index (χ2v) is 14.0. The molecule has 2 nitrogen and oxygen atoms in total. The molecule has 0 unspecified atom stereocenters. The molecule has 216 valence electrons. The summed E-state index contributed by atoms with van der Waals surface area (Å²) in [6.45, 7) is 0. The average molecular weight is 628 g/mol. The van der Waals surface area contributed by atoms with Crippen LogP contribution in [0.2, 0.25) is 0 Å². The maximum Gasteiger partial charge on any atom is 2.00 e. The SMILES string of the molecule is S=C([S-])N(C1CCCCCC1)C1CCCCCC1.S=C([S-])N(C1CCCCCC1)C1CCCCCC1.[Ni+2]. The van der Waals surface area contributed by atoms with Gasteiger partial charge in [-0.15, -0.1) is 0 Å². The first kappa shape index (κ1) is 33.9. The Morgan fingerprint density at radius 2 is 0.541 bits per heavy atom. The molecule has 37 heavy (non-hydrogen) atoms. The molecule has 0 saturated heterocycles. The van der Waals surface area contributed by atoms with Crippen LogP contribution in [0.4, 0.5) is 0 Å². The second-order valence-electron chi connectivity index (χ2n) is 11.9. The molecule has 0 aromatic carbocycles. The minimum absolute atomic E-state index is 0. The van der Waals surface area contributed by atoms with Crippen molar-refractivity contribution in [2.75, 3.05) is 0 Å². The molecule has 0 heterocycles. The first-order chi connectivity index (χ1) is 17.6. The second kappa shape index (κ2) is 19.7. The van der Waals surface area contributed by atoms with E-state index >= 15 is 0 Å². The van der Waals surface area contributed by atoms with Crippen molar-refractivity contribution in [3.8, 4) is 0 Å². The van der Waals surface area contributed by atoms with Crippen LogP contribution in [0.25, 0.3) is 0 Å². The van der Waals surface area contributed by atoms with E-state index in [0.29, 0.717) is 24.2 Å². The fourth-order valence-corrected chi connectivity index (χ4v) is 8.53. The molecule has 4 aliphatic carbocycles. The molecule has 0 radical (unpaired) electrons. The fraction of sp³-hybridized carbons (Fsp3) is 0.933. The van der Waals surface area contributed by atoms with Crippen LogP contribution in [0, 0.1) is 0 Å². The van der Waals surface area contributed by atoms with Gasteiger partial charge in [-0.05, 0) is 51.4 Å². The van der Waals surface area contributed by atoms with Gasteiger partial charge in [0, 0.05) is 24.2 Å². The molecule has 0 N–H and O–H groups in total. The molecule has 0 aromatic heterocycles. The van der Waals surface area contributed by atoms with Crippen LogP contribution in [0.15, 0.2) is 0 Å². The van der Waals surface area contributed by atoms with E-state index in [9.17, 15) is 0 Å². The number of hydrogen-bond acceptors (Lipinski definition) is 4. The summed E-state index contributed by atoms with van der Waals surface area (Å²) >= 11 is 21.6. The van der Waals surface area contributed by atoms with E-state index in [1.54, 1.807) is 0 Å². The van der Waals surface area contributed by atoms with Crippen LogP contribution in [0.5, 0.6) is 0 Å². The van der Waals surface area contributed by atoms with Crippen molar-refractivity contribution in [2.45, 2.75) is 178 Å². The third-order valence-electron chi connectivity index (χ3n) is 9.29. The average Bonchev–Trinajstić information content (AvgIpc) is 3.45. The maximum absolute atomic E-state index is 5.41. The van der Waals surface area contributed by atoms with E-state index in [0.717, 1.165) is 8.64 Å². The van der Waals surface area contributed by atoms with Gasteiger partial charge in [-0.1, -0.05) is 111 Å². The van der Waals surface area contributed by atoms with E-state index in [4.69, 9.17) is 49.7 Å². The van der Waals surface area contributed by atoms with Gasteiger partial charge in [-0.3, -0.25) is 0 Å². The molecule has 4 fully saturated rings.